The number of imidazole rings is 1. The van der Waals surface area contributed by atoms with Crippen LogP contribution in [0.2, 0.25) is 0 Å². The summed E-state index contributed by atoms with van der Waals surface area (Å²) in [5.74, 6) is 1.06. The van der Waals surface area contributed by atoms with Gasteiger partial charge in [0.05, 0.1) is 16.6 Å². The zero-order valence-corrected chi connectivity index (χ0v) is 14.8. The zero-order valence-electron chi connectivity index (χ0n) is 8.88. The Bertz CT molecular complexity index is 644. The molecule has 0 bridgehead atoms. The third-order valence-electron chi connectivity index (χ3n) is 2.70. The molecule has 1 aromatic carbocycles. The van der Waals surface area contributed by atoms with Crippen molar-refractivity contribution in [2.24, 2.45) is 0 Å². The molecule has 2 heterocycles. The fraction of sp³-hybridized carbons (Fsp3) is 0.182. The Labute approximate surface area is 139 Å². The number of nitrogens with zero attached hydrogens (tertiary/aromatic N) is 2. The predicted molar refractivity (Wildman–Crippen MR) is 86.2 cm³/mol. The number of hydrogen-bond donors (Lipinski definition) is 0. The molecular weight excluding hydrogens is 529 g/mol. The van der Waals surface area contributed by atoms with Crippen LogP contribution in [0.4, 0.5) is 4.39 Å². The van der Waals surface area contributed by atoms with Crippen LogP contribution in [0.5, 0.6) is 5.75 Å². The van der Waals surface area contributed by atoms with Gasteiger partial charge in [-0.1, -0.05) is 0 Å². The van der Waals surface area contributed by atoms with E-state index in [1.807, 2.05) is 0 Å². The third kappa shape index (κ3) is 2.07. The van der Waals surface area contributed by atoms with Crippen molar-refractivity contribution in [2.45, 2.75) is 6.54 Å². The van der Waals surface area contributed by atoms with E-state index in [0.717, 1.165) is 25.3 Å². The van der Waals surface area contributed by atoms with Crippen molar-refractivity contribution in [2.75, 3.05) is 6.61 Å². The van der Waals surface area contributed by atoms with E-state index in [2.05, 4.69) is 70.7 Å². The van der Waals surface area contributed by atoms with Gasteiger partial charge >= 0.3 is 0 Å². The van der Waals surface area contributed by atoms with Crippen molar-refractivity contribution >= 4 is 61.1 Å². The fourth-order valence-electron chi connectivity index (χ4n) is 1.88. The second-order valence-corrected chi connectivity index (χ2v) is 6.68. The van der Waals surface area contributed by atoms with Gasteiger partial charge in [0.2, 0.25) is 0 Å². The molecule has 0 radical (unpaired) electrons. The smallest absolute Gasteiger partial charge is 0.145 e. The first-order valence-electron chi connectivity index (χ1n) is 5.11. The number of hydrogen-bond acceptors (Lipinski definition) is 2. The first-order valence-corrected chi connectivity index (χ1v) is 8.06. The quantitative estimate of drug-likeness (QED) is 0.477. The van der Waals surface area contributed by atoms with E-state index in [4.69, 9.17) is 4.74 Å². The molecule has 3 nitrogen and oxygen atoms in total. The van der Waals surface area contributed by atoms with Gasteiger partial charge in [-0.15, -0.1) is 0 Å². The Morgan fingerprint density at radius 2 is 2.17 bits per heavy atom. The first kappa shape index (κ1) is 13.1. The van der Waals surface area contributed by atoms with Gasteiger partial charge in [-0.05, 0) is 67.2 Å². The molecular formula is C11H6BrFI2N2O. The van der Waals surface area contributed by atoms with Gasteiger partial charge in [-0.25, -0.2) is 9.37 Å². The van der Waals surface area contributed by atoms with Crippen LogP contribution in [0, 0.1) is 13.2 Å². The number of ether oxygens (including phenoxy) is 1. The minimum Gasteiger partial charge on any atom is -0.491 e. The van der Waals surface area contributed by atoms with E-state index >= 15 is 0 Å². The van der Waals surface area contributed by atoms with Gasteiger partial charge in [0.1, 0.15) is 31.4 Å². The second-order valence-electron chi connectivity index (χ2n) is 3.78. The van der Waals surface area contributed by atoms with E-state index in [1.54, 1.807) is 6.07 Å². The molecule has 0 spiro atoms. The van der Waals surface area contributed by atoms with Crippen molar-refractivity contribution in [1.29, 1.82) is 0 Å². The summed E-state index contributed by atoms with van der Waals surface area (Å²) in [7, 11) is 0. The van der Waals surface area contributed by atoms with E-state index < -0.39 is 0 Å². The second kappa shape index (κ2) is 4.89. The van der Waals surface area contributed by atoms with Gasteiger partial charge in [-0.3, -0.25) is 0 Å². The number of fused-ring (bicyclic) bond motifs is 3. The lowest BCUT2D eigenvalue weighted by molar-refractivity contribution is 0.304. The van der Waals surface area contributed by atoms with Crippen LogP contribution in [-0.2, 0) is 6.54 Å². The predicted octanol–water partition coefficient (Wildman–Crippen LogP) is 4.05. The molecule has 18 heavy (non-hydrogen) atoms. The highest BCUT2D eigenvalue weighted by Gasteiger charge is 2.22. The van der Waals surface area contributed by atoms with Crippen LogP contribution < -0.4 is 4.74 Å². The molecule has 0 saturated carbocycles. The minimum absolute atomic E-state index is 0.321. The molecule has 1 aliphatic heterocycles. The summed E-state index contributed by atoms with van der Waals surface area (Å²) < 4.78 is 23.7. The van der Waals surface area contributed by atoms with Crippen molar-refractivity contribution in [3.8, 4) is 17.1 Å². The van der Waals surface area contributed by atoms with Crippen LogP contribution >= 0.6 is 61.1 Å². The fourth-order valence-corrected chi connectivity index (χ4v) is 3.34. The van der Waals surface area contributed by atoms with Gasteiger partial charge in [0.15, 0.2) is 0 Å². The van der Waals surface area contributed by atoms with E-state index in [0.29, 0.717) is 16.8 Å². The maximum Gasteiger partial charge on any atom is 0.145 e. The Balaban J connectivity index is 2.30. The van der Waals surface area contributed by atoms with E-state index in [1.165, 1.54) is 6.07 Å². The lowest BCUT2D eigenvalue weighted by atomic mass is 10.2. The standard InChI is InChI=1S/C11H6BrFI2N2O/c12-6-3-5-8(4-7(6)13)18-2-1-17-10(15)9(14)16-11(5)17/h3-4H,1-2H2. The van der Waals surface area contributed by atoms with Crippen molar-refractivity contribution < 1.29 is 9.13 Å². The van der Waals surface area contributed by atoms with Crippen LogP contribution in [0.3, 0.4) is 0 Å². The topological polar surface area (TPSA) is 27.1 Å². The highest BCUT2D eigenvalue weighted by Crippen LogP contribution is 2.37. The molecule has 1 aliphatic rings. The number of benzene rings is 1. The van der Waals surface area contributed by atoms with Crippen LogP contribution in [-0.4, -0.2) is 16.2 Å². The number of halogens is 4. The van der Waals surface area contributed by atoms with Crippen molar-refractivity contribution in [3.63, 3.8) is 0 Å². The maximum atomic E-state index is 13.5. The molecule has 0 amide bonds. The average Bonchev–Trinajstić information content (AvgIpc) is 2.52. The zero-order chi connectivity index (χ0) is 12.9. The molecule has 0 aliphatic carbocycles. The summed E-state index contributed by atoms with van der Waals surface area (Å²) in [6.07, 6.45) is 0. The highest BCUT2D eigenvalue weighted by atomic mass is 127. The van der Waals surface area contributed by atoms with Crippen molar-refractivity contribution in [3.05, 3.63) is 29.8 Å². The molecule has 0 saturated heterocycles. The Hall–Kier alpha value is 0.1000. The molecule has 0 fully saturated rings. The molecule has 0 unspecified atom stereocenters. The Morgan fingerprint density at radius 3 is 2.94 bits per heavy atom. The summed E-state index contributed by atoms with van der Waals surface area (Å²) >= 11 is 7.68. The van der Waals surface area contributed by atoms with Gasteiger partial charge < -0.3 is 9.30 Å². The van der Waals surface area contributed by atoms with Crippen LogP contribution in [0.25, 0.3) is 11.4 Å². The summed E-state index contributed by atoms with van der Waals surface area (Å²) in [4.78, 5) is 4.54. The summed E-state index contributed by atoms with van der Waals surface area (Å²) in [6.45, 7) is 1.24. The molecule has 0 atom stereocenters. The summed E-state index contributed by atoms with van der Waals surface area (Å²) in [6, 6.07) is 3.13. The summed E-state index contributed by atoms with van der Waals surface area (Å²) in [5, 5.41) is 0. The van der Waals surface area contributed by atoms with Crippen LogP contribution in [0.1, 0.15) is 0 Å². The van der Waals surface area contributed by atoms with Crippen LogP contribution in [0.15, 0.2) is 16.6 Å². The Kier molecular flexibility index (Phi) is 3.56. The molecule has 1 aromatic heterocycles. The van der Waals surface area contributed by atoms with E-state index in [9.17, 15) is 4.39 Å². The lowest BCUT2D eigenvalue weighted by Crippen LogP contribution is -2.07. The van der Waals surface area contributed by atoms with Gasteiger partial charge in [0, 0.05) is 6.07 Å². The Morgan fingerprint density at radius 1 is 1.39 bits per heavy atom. The maximum absolute atomic E-state index is 13.5. The SMILES string of the molecule is Fc1cc2c(cc1Br)-c1nc(I)c(I)n1CCO2. The van der Waals surface area contributed by atoms with E-state index in [-0.39, 0.29) is 5.82 Å². The molecule has 3 rings (SSSR count). The molecule has 7 heteroatoms. The van der Waals surface area contributed by atoms with Crippen molar-refractivity contribution in [1.82, 2.24) is 9.55 Å². The average molecular weight is 535 g/mol. The third-order valence-corrected chi connectivity index (χ3v) is 6.19. The number of aromatic nitrogens is 2. The first-order chi connectivity index (χ1) is 8.58. The number of rotatable bonds is 0. The minimum atomic E-state index is -0.321. The molecule has 0 N–H and O–H groups in total. The van der Waals surface area contributed by atoms with Gasteiger partial charge in [0.25, 0.3) is 0 Å². The van der Waals surface area contributed by atoms with Gasteiger partial charge in [-0.2, -0.15) is 0 Å². The molecule has 2 aromatic rings. The highest BCUT2D eigenvalue weighted by molar-refractivity contribution is 14.1. The monoisotopic (exact) mass is 534 g/mol. The molecule has 94 valence electrons. The summed E-state index contributed by atoms with van der Waals surface area (Å²) in [5.41, 5.74) is 0.821. The lowest BCUT2D eigenvalue weighted by Gasteiger charge is -2.07. The largest absolute Gasteiger partial charge is 0.491 e. The normalized spacial score (nSPS) is 13.6.